The highest BCUT2D eigenvalue weighted by Crippen LogP contribution is 2.58. The second-order valence-corrected chi connectivity index (χ2v) is 11.5. The fourth-order valence-electron chi connectivity index (χ4n) is 1.09. The lowest BCUT2D eigenvalue weighted by molar-refractivity contribution is -0.396. The van der Waals surface area contributed by atoms with Crippen LogP contribution in [-0.2, 0) is 0 Å². The maximum atomic E-state index is 13.3. The Hall–Kier alpha value is -0.123. The molecule has 116 valence electrons. The first-order valence-corrected chi connectivity index (χ1v) is 8.88. The third-order valence-corrected chi connectivity index (χ3v) is 6.15. The Morgan fingerprint density at radius 3 is 1.32 bits per heavy atom. The molecule has 0 bridgehead atoms. The van der Waals surface area contributed by atoms with Crippen LogP contribution < -0.4 is 0 Å². The summed E-state index contributed by atoms with van der Waals surface area (Å²) in [6.07, 6.45) is -6.79. The Balaban J connectivity index is 5.78. The van der Waals surface area contributed by atoms with Gasteiger partial charge in [0.25, 0.3) is 0 Å². The Bertz CT molecular complexity index is 330. The quantitative estimate of drug-likeness (QED) is 0.370. The van der Waals surface area contributed by atoms with Gasteiger partial charge in [0, 0.05) is 5.54 Å². The van der Waals surface area contributed by atoms with E-state index in [0.29, 0.717) is 6.92 Å². The topological polar surface area (TPSA) is 0 Å². The van der Waals surface area contributed by atoms with Gasteiger partial charge in [0.1, 0.15) is 0 Å². The third-order valence-electron chi connectivity index (χ3n) is 2.74. The Morgan fingerprint density at radius 2 is 1.11 bits per heavy atom. The number of hydrogen-bond donors (Lipinski definition) is 0. The van der Waals surface area contributed by atoms with Crippen LogP contribution in [-0.4, -0.2) is 31.3 Å². The predicted octanol–water partition coefficient (Wildman–Crippen LogP) is 5.29. The van der Waals surface area contributed by atoms with E-state index >= 15 is 0 Å². The summed E-state index contributed by atoms with van der Waals surface area (Å²) >= 11 is 5.44. The van der Waals surface area contributed by atoms with Crippen molar-refractivity contribution in [2.45, 2.75) is 49.5 Å². The monoisotopic (exact) mass is 340 g/mol. The number of rotatable bonds is 4. The van der Waals surface area contributed by atoms with Crippen molar-refractivity contribution in [2.24, 2.45) is 0 Å². The van der Waals surface area contributed by atoms with Crippen LogP contribution in [0.5, 0.6) is 0 Å². The average molecular weight is 341 g/mol. The van der Waals surface area contributed by atoms with E-state index in [9.17, 15) is 39.5 Å². The van der Waals surface area contributed by atoms with Gasteiger partial charge in [-0.3, -0.25) is 0 Å². The van der Waals surface area contributed by atoms with E-state index in [1.807, 2.05) is 0 Å². The molecule has 0 rings (SSSR count). The molecule has 0 heterocycles. The zero-order valence-electron chi connectivity index (χ0n) is 9.86. The van der Waals surface area contributed by atoms with Gasteiger partial charge in [-0.15, -0.1) is 0 Å². The normalized spacial score (nSPS) is 17.5. The Labute approximate surface area is 108 Å². The smallest absolute Gasteiger partial charge is 0.200 e. The minimum atomic E-state index is -6.85. The molecule has 19 heavy (non-hydrogen) atoms. The van der Waals surface area contributed by atoms with Crippen LogP contribution in [0.3, 0.4) is 0 Å². The van der Waals surface area contributed by atoms with Crippen LogP contribution in [0.1, 0.15) is 6.92 Å². The van der Waals surface area contributed by atoms with Crippen LogP contribution in [0.15, 0.2) is 0 Å². The first kappa shape index (κ1) is 18.9. The summed E-state index contributed by atoms with van der Waals surface area (Å²) in [7, 11) is -3.60. The Kier molecular flexibility index (Phi) is 4.68. The molecule has 0 nitrogen and oxygen atoms in total. The number of halogens is 10. The molecule has 0 saturated carbocycles. The number of hydrogen-bond acceptors (Lipinski definition) is 0. The minimum Gasteiger partial charge on any atom is -0.200 e. The zero-order valence-corrected chi connectivity index (χ0v) is 11.6. The highest BCUT2D eigenvalue weighted by molar-refractivity contribution is 7.19. The van der Waals surface area contributed by atoms with Crippen molar-refractivity contribution in [3.8, 4) is 0 Å². The summed E-state index contributed by atoms with van der Waals surface area (Å²) in [6.45, 7) is 2.31. The molecule has 0 aliphatic carbocycles. The standard InChI is InChI=1S/C8H10ClF9Si/c1-4(19(2,3)9)5(10,11)6(12,13)7(14,15)8(16,17)18/h4H,1-3H3. The van der Waals surface area contributed by atoms with Crippen molar-refractivity contribution in [1.82, 2.24) is 0 Å². The molecule has 0 aromatic carbocycles. The summed E-state index contributed by atoms with van der Waals surface area (Å²) < 4.78 is 113. The van der Waals surface area contributed by atoms with Crippen LogP contribution in [0.2, 0.25) is 18.6 Å². The van der Waals surface area contributed by atoms with E-state index in [1.165, 1.54) is 0 Å². The molecule has 0 spiro atoms. The van der Waals surface area contributed by atoms with Gasteiger partial charge in [0.15, 0.2) is 7.38 Å². The largest absolute Gasteiger partial charge is 0.460 e. The summed E-state index contributed by atoms with van der Waals surface area (Å²) in [5, 5.41) is 0. The fraction of sp³-hybridized carbons (Fsp3) is 1.00. The third kappa shape index (κ3) is 2.98. The van der Waals surface area contributed by atoms with Gasteiger partial charge in [-0.25, -0.2) is 0 Å². The predicted molar refractivity (Wildman–Crippen MR) is 53.7 cm³/mol. The second-order valence-electron chi connectivity index (χ2n) is 4.56. The molecule has 0 aliphatic heterocycles. The van der Waals surface area contributed by atoms with E-state index in [2.05, 4.69) is 0 Å². The fourth-order valence-corrected chi connectivity index (χ4v) is 2.54. The van der Waals surface area contributed by atoms with Gasteiger partial charge in [-0.1, -0.05) is 20.0 Å². The van der Waals surface area contributed by atoms with Gasteiger partial charge in [0.05, 0.1) is 0 Å². The zero-order chi connectivity index (χ0) is 16.1. The van der Waals surface area contributed by atoms with Crippen molar-refractivity contribution in [2.75, 3.05) is 0 Å². The molecule has 0 saturated heterocycles. The maximum Gasteiger partial charge on any atom is 0.460 e. The molecule has 0 radical (unpaired) electrons. The summed E-state index contributed by atoms with van der Waals surface area (Å²) in [4.78, 5) is 0. The highest BCUT2D eigenvalue weighted by Gasteiger charge is 2.83. The lowest BCUT2D eigenvalue weighted by Crippen LogP contribution is -2.63. The average Bonchev–Trinajstić information content (AvgIpc) is 2.12. The molecule has 0 fully saturated rings. The van der Waals surface area contributed by atoms with Gasteiger partial charge >= 0.3 is 23.9 Å². The first-order valence-electron chi connectivity index (χ1n) is 4.79. The molecule has 0 aromatic rings. The van der Waals surface area contributed by atoms with Crippen molar-refractivity contribution in [1.29, 1.82) is 0 Å². The molecule has 0 aliphatic rings. The van der Waals surface area contributed by atoms with Gasteiger partial charge in [0.2, 0.25) is 0 Å². The van der Waals surface area contributed by atoms with Gasteiger partial charge in [-0.2, -0.15) is 50.6 Å². The molecule has 11 heteroatoms. The second kappa shape index (κ2) is 4.71. The first-order chi connectivity index (χ1) is 7.90. The summed E-state index contributed by atoms with van der Waals surface area (Å²) in [5.74, 6) is -19.0. The van der Waals surface area contributed by atoms with E-state index in [1.54, 1.807) is 0 Å². The minimum absolute atomic E-state index is 0.430. The van der Waals surface area contributed by atoms with Crippen molar-refractivity contribution in [3.63, 3.8) is 0 Å². The van der Waals surface area contributed by atoms with Crippen molar-refractivity contribution >= 4 is 18.5 Å². The molecule has 0 aromatic heterocycles. The van der Waals surface area contributed by atoms with Crippen LogP contribution in [0.4, 0.5) is 39.5 Å². The van der Waals surface area contributed by atoms with E-state index in [0.717, 1.165) is 13.1 Å². The molecule has 1 atom stereocenters. The van der Waals surface area contributed by atoms with E-state index < -0.39 is 36.9 Å². The van der Waals surface area contributed by atoms with E-state index in [4.69, 9.17) is 11.1 Å². The molecular weight excluding hydrogens is 331 g/mol. The molecule has 0 N–H and O–H groups in total. The van der Waals surface area contributed by atoms with Gasteiger partial charge in [-0.05, 0) is 0 Å². The van der Waals surface area contributed by atoms with Crippen LogP contribution >= 0.6 is 11.1 Å². The maximum absolute atomic E-state index is 13.3. The summed E-state index contributed by atoms with van der Waals surface area (Å²) in [5.41, 5.74) is -2.50. The lowest BCUT2D eigenvalue weighted by atomic mass is 10.0. The lowest BCUT2D eigenvalue weighted by Gasteiger charge is -2.39. The highest BCUT2D eigenvalue weighted by atomic mass is 35.6. The molecule has 0 amide bonds. The molecular formula is C8H10ClF9Si. The SMILES string of the molecule is CC(C(F)(F)C(F)(F)C(F)(F)C(F)(F)F)[Si](C)(C)Cl. The van der Waals surface area contributed by atoms with Crippen molar-refractivity contribution in [3.05, 3.63) is 0 Å². The number of alkyl halides is 9. The Morgan fingerprint density at radius 1 is 0.789 bits per heavy atom. The van der Waals surface area contributed by atoms with Crippen LogP contribution in [0.25, 0.3) is 0 Å². The molecule has 1 unspecified atom stereocenters. The van der Waals surface area contributed by atoms with Crippen LogP contribution in [0, 0.1) is 0 Å². The van der Waals surface area contributed by atoms with Crippen molar-refractivity contribution < 1.29 is 39.5 Å². The summed E-state index contributed by atoms with van der Waals surface area (Å²) in [6, 6.07) is 0. The van der Waals surface area contributed by atoms with Gasteiger partial charge < -0.3 is 0 Å². The van der Waals surface area contributed by atoms with E-state index in [-0.39, 0.29) is 0 Å².